The maximum atomic E-state index is 12.7. The van der Waals surface area contributed by atoms with Crippen molar-refractivity contribution in [1.82, 2.24) is 0 Å². The molecular formula is C20H20BF5N2O3. The van der Waals surface area contributed by atoms with E-state index < -0.39 is 42.2 Å². The van der Waals surface area contributed by atoms with Crippen LogP contribution in [0.3, 0.4) is 0 Å². The number of hydrogen-bond acceptors (Lipinski definition) is 5. The van der Waals surface area contributed by atoms with Crippen molar-refractivity contribution < 1.29 is 36.7 Å². The number of rotatable bonds is 4. The fourth-order valence-corrected chi connectivity index (χ4v) is 2.02. The topological polar surface area (TPSA) is 102 Å². The van der Waals surface area contributed by atoms with Gasteiger partial charge in [0.05, 0.1) is 0 Å². The zero-order chi connectivity index (χ0) is 23.4. The van der Waals surface area contributed by atoms with E-state index in [0.29, 0.717) is 13.1 Å². The second-order valence-electron chi connectivity index (χ2n) is 5.72. The largest absolute Gasteiger partial charge is 0.707 e. The Labute approximate surface area is 175 Å². The van der Waals surface area contributed by atoms with Crippen molar-refractivity contribution in [3.63, 3.8) is 0 Å². The van der Waals surface area contributed by atoms with Gasteiger partial charge < -0.3 is 26.2 Å². The summed E-state index contributed by atoms with van der Waals surface area (Å²) in [5, 5.41) is 16.3. The van der Waals surface area contributed by atoms with Crippen molar-refractivity contribution in [2.45, 2.75) is 13.1 Å². The zero-order valence-electron chi connectivity index (χ0n) is 16.1. The predicted octanol–water partition coefficient (Wildman–Crippen LogP) is 3.02. The molecule has 5 nitrogen and oxygen atoms in total. The molecule has 6 N–H and O–H groups in total. The van der Waals surface area contributed by atoms with Crippen LogP contribution in [0.5, 0.6) is 5.75 Å². The molecule has 3 aromatic rings. The van der Waals surface area contributed by atoms with Crippen molar-refractivity contribution in [2.24, 2.45) is 11.5 Å². The van der Waals surface area contributed by atoms with Crippen LogP contribution >= 0.6 is 0 Å². The zero-order valence-corrected chi connectivity index (χ0v) is 16.1. The van der Waals surface area contributed by atoms with E-state index in [1.165, 1.54) is 11.1 Å². The summed E-state index contributed by atoms with van der Waals surface area (Å²) in [5.41, 5.74) is 13.1. The van der Waals surface area contributed by atoms with Gasteiger partial charge in [-0.25, -0.2) is 13.2 Å². The molecule has 0 radical (unpaired) electrons. The van der Waals surface area contributed by atoms with Crippen LogP contribution in [0.15, 0.2) is 60.7 Å². The summed E-state index contributed by atoms with van der Waals surface area (Å²) in [4.78, 5) is 0. The number of nitrogens with two attached hydrogens (primary N) is 2. The van der Waals surface area contributed by atoms with Crippen molar-refractivity contribution in [3.05, 3.63) is 101 Å². The van der Waals surface area contributed by atoms with E-state index in [2.05, 4.69) is 4.65 Å². The maximum Gasteiger partial charge on any atom is 0.707 e. The minimum absolute atomic E-state index is 0.640. The summed E-state index contributed by atoms with van der Waals surface area (Å²) in [5.74, 6) is -13.1. The van der Waals surface area contributed by atoms with Gasteiger partial charge >= 0.3 is 7.32 Å². The first-order valence-electron chi connectivity index (χ1n) is 8.75. The van der Waals surface area contributed by atoms with Crippen LogP contribution in [-0.2, 0) is 13.1 Å². The third-order valence-corrected chi connectivity index (χ3v) is 3.55. The summed E-state index contributed by atoms with van der Waals surface area (Å²) in [6, 6.07) is 20.0. The summed E-state index contributed by atoms with van der Waals surface area (Å²) in [6.45, 7) is 1.28. The Morgan fingerprint density at radius 1 is 0.613 bits per heavy atom. The summed E-state index contributed by atoms with van der Waals surface area (Å²) >= 11 is 0. The lowest BCUT2D eigenvalue weighted by molar-refractivity contribution is 0.263. The molecule has 11 heteroatoms. The molecule has 0 amide bonds. The third-order valence-electron chi connectivity index (χ3n) is 3.55. The van der Waals surface area contributed by atoms with Crippen LogP contribution in [0.4, 0.5) is 22.0 Å². The molecule has 0 aliphatic heterocycles. The summed E-state index contributed by atoms with van der Waals surface area (Å²) in [6.07, 6.45) is 0. The molecule has 0 aliphatic carbocycles. The molecule has 3 rings (SSSR count). The van der Waals surface area contributed by atoms with Crippen LogP contribution in [0.2, 0.25) is 0 Å². The quantitative estimate of drug-likeness (QED) is 0.216. The lowest BCUT2D eigenvalue weighted by Gasteiger charge is -2.08. The van der Waals surface area contributed by atoms with Gasteiger partial charge in [-0.05, 0) is 11.1 Å². The smallest absolute Gasteiger partial charge is 0.507 e. The highest BCUT2D eigenvalue weighted by Gasteiger charge is 2.29. The van der Waals surface area contributed by atoms with Gasteiger partial charge in [-0.15, -0.1) is 0 Å². The highest BCUT2D eigenvalue weighted by molar-refractivity contribution is 6.33. The molecule has 0 unspecified atom stereocenters. The van der Waals surface area contributed by atoms with E-state index >= 15 is 0 Å². The molecule has 0 saturated heterocycles. The second kappa shape index (κ2) is 13.3. The Morgan fingerprint density at radius 2 is 0.935 bits per heavy atom. The van der Waals surface area contributed by atoms with Gasteiger partial charge in [-0.3, -0.25) is 0 Å². The average Bonchev–Trinajstić information content (AvgIpc) is 2.81. The second-order valence-corrected chi connectivity index (χ2v) is 5.72. The van der Waals surface area contributed by atoms with E-state index in [1.807, 2.05) is 60.7 Å². The van der Waals surface area contributed by atoms with Crippen molar-refractivity contribution in [2.75, 3.05) is 0 Å². The normalized spacial score (nSPS) is 9.71. The first-order chi connectivity index (χ1) is 14.7. The van der Waals surface area contributed by atoms with Gasteiger partial charge in [0, 0.05) is 13.1 Å². The molecule has 0 spiro atoms. The van der Waals surface area contributed by atoms with Crippen LogP contribution < -0.4 is 16.1 Å². The van der Waals surface area contributed by atoms with E-state index in [-0.39, 0.29) is 0 Å². The molecular weight excluding hydrogens is 422 g/mol. The molecule has 3 aromatic carbocycles. The van der Waals surface area contributed by atoms with Crippen LogP contribution in [0.1, 0.15) is 11.1 Å². The summed E-state index contributed by atoms with van der Waals surface area (Å²) in [7, 11) is -2.70. The minimum atomic E-state index is -2.70. The van der Waals surface area contributed by atoms with Crippen molar-refractivity contribution in [3.8, 4) is 5.75 Å². The van der Waals surface area contributed by atoms with E-state index in [4.69, 9.17) is 21.5 Å². The first kappa shape index (κ1) is 26.1. The van der Waals surface area contributed by atoms with Gasteiger partial charge in [0.15, 0.2) is 5.75 Å². The average molecular weight is 442 g/mol. The van der Waals surface area contributed by atoms with Crippen molar-refractivity contribution in [1.29, 1.82) is 0 Å². The van der Waals surface area contributed by atoms with E-state index in [0.717, 1.165) is 0 Å². The lowest BCUT2D eigenvalue weighted by atomic mass is 10.2. The Hall–Kier alpha value is -2.99. The van der Waals surface area contributed by atoms with Gasteiger partial charge in [0.25, 0.3) is 0 Å². The monoisotopic (exact) mass is 442 g/mol. The Morgan fingerprint density at radius 3 is 1.19 bits per heavy atom. The van der Waals surface area contributed by atoms with Gasteiger partial charge in [0.1, 0.15) is 0 Å². The fourth-order valence-electron chi connectivity index (χ4n) is 2.02. The molecule has 0 bridgehead atoms. The molecule has 0 atom stereocenters. The Kier molecular flexibility index (Phi) is 11.2. The van der Waals surface area contributed by atoms with Gasteiger partial charge in [-0.2, -0.15) is 8.78 Å². The molecule has 0 aliphatic rings. The SMILES string of the molecule is NCc1ccccc1.NCc1ccccc1.OB(O)Oc1c(F)c(F)c(F)c(F)c1F. The molecule has 0 saturated carbocycles. The first-order valence-corrected chi connectivity index (χ1v) is 8.75. The van der Waals surface area contributed by atoms with Crippen LogP contribution in [-0.4, -0.2) is 17.4 Å². The Bertz CT molecular complexity index is 867. The number of benzene rings is 3. The third kappa shape index (κ3) is 8.34. The van der Waals surface area contributed by atoms with Crippen LogP contribution in [0.25, 0.3) is 0 Å². The molecule has 166 valence electrons. The predicted molar refractivity (Wildman–Crippen MR) is 106 cm³/mol. The van der Waals surface area contributed by atoms with E-state index in [1.54, 1.807) is 0 Å². The van der Waals surface area contributed by atoms with E-state index in [9.17, 15) is 22.0 Å². The minimum Gasteiger partial charge on any atom is -0.507 e. The number of halogens is 5. The molecule has 0 heterocycles. The molecule has 0 fully saturated rings. The molecule has 31 heavy (non-hydrogen) atoms. The van der Waals surface area contributed by atoms with Gasteiger partial charge in [-0.1, -0.05) is 60.7 Å². The molecule has 0 aromatic heterocycles. The van der Waals surface area contributed by atoms with Crippen LogP contribution in [0, 0.1) is 29.1 Å². The van der Waals surface area contributed by atoms with Crippen molar-refractivity contribution >= 4 is 7.32 Å². The van der Waals surface area contributed by atoms with Gasteiger partial charge in [0.2, 0.25) is 29.1 Å². The fraction of sp³-hybridized carbons (Fsp3) is 0.100. The maximum absolute atomic E-state index is 12.7. The highest BCUT2D eigenvalue weighted by atomic mass is 19.2. The Balaban J connectivity index is 0.000000253. The summed E-state index contributed by atoms with van der Waals surface area (Å²) < 4.78 is 66.3. The standard InChI is InChI=1S/2C7H9N.C6H2BF5O3/c2*8-6-7-4-2-1-3-5-7;8-1-2(9)4(11)6(15-7(13)14)5(12)3(1)10/h2*1-5H,6,8H2;13-14H. The number of hydrogen-bond donors (Lipinski definition) is 4. The lowest BCUT2D eigenvalue weighted by Crippen LogP contribution is -2.23. The highest BCUT2D eigenvalue weighted by Crippen LogP contribution is 2.29.